The summed E-state index contributed by atoms with van der Waals surface area (Å²) < 4.78 is 28.0. The highest BCUT2D eigenvalue weighted by atomic mass is 79.9. The number of nitrogen functional groups attached to an aromatic ring is 1. The van der Waals surface area contributed by atoms with E-state index in [4.69, 9.17) is 5.73 Å². The Labute approximate surface area is 127 Å². The molecule has 0 spiro atoms. The fourth-order valence-electron chi connectivity index (χ4n) is 1.36. The first-order chi connectivity index (χ1) is 8.88. The molecule has 8 heteroatoms. The minimum Gasteiger partial charge on any atom is -0.399 e. The lowest BCUT2D eigenvalue weighted by Crippen LogP contribution is -2.13. The van der Waals surface area contributed by atoms with Crippen molar-refractivity contribution in [2.75, 3.05) is 10.5 Å². The van der Waals surface area contributed by atoms with Crippen LogP contribution < -0.4 is 10.5 Å². The molecule has 0 bridgehead atoms. The van der Waals surface area contributed by atoms with E-state index in [9.17, 15) is 8.42 Å². The van der Waals surface area contributed by atoms with Crippen LogP contribution in [0.2, 0.25) is 0 Å². The van der Waals surface area contributed by atoms with Crippen molar-refractivity contribution in [1.29, 1.82) is 0 Å². The minimum atomic E-state index is -3.68. The molecule has 2 aromatic rings. The Morgan fingerprint density at radius 1 is 1.16 bits per heavy atom. The molecular weight excluding hydrogens is 398 g/mol. The van der Waals surface area contributed by atoms with Crippen molar-refractivity contribution < 1.29 is 8.42 Å². The highest BCUT2D eigenvalue weighted by molar-refractivity contribution is 9.10. The average Bonchev–Trinajstić information content (AvgIpc) is 2.33. The SMILES string of the molecule is Nc1ccc(NS(=O)(=O)c2cncc(Br)c2)c(Br)c1. The second-order valence-corrected chi connectivity index (χ2v) is 7.14. The zero-order valence-electron chi connectivity index (χ0n) is 9.47. The molecule has 0 unspecified atom stereocenters. The molecule has 0 aliphatic carbocycles. The molecule has 0 radical (unpaired) electrons. The van der Waals surface area contributed by atoms with Crippen LogP contribution in [0.5, 0.6) is 0 Å². The number of sulfonamides is 1. The van der Waals surface area contributed by atoms with Crippen molar-refractivity contribution in [3.63, 3.8) is 0 Å². The Kier molecular flexibility index (Phi) is 4.12. The lowest BCUT2D eigenvalue weighted by molar-refractivity contribution is 0.600. The minimum absolute atomic E-state index is 0.0746. The molecule has 0 atom stereocenters. The second kappa shape index (κ2) is 5.48. The zero-order valence-corrected chi connectivity index (χ0v) is 13.5. The first kappa shape index (κ1) is 14.3. The number of benzene rings is 1. The van der Waals surface area contributed by atoms with Crippen molar-refractivity contribution in [2.24, 2.45) is 0 Å². The number of nitrogens with zero attached hydrogens (tertiary/aromatic N) is 1. The molecule has 100 valence electrons. The van der Waals surface area contributed by atoms with Gasteiger partial charge >= 0.3 is 0 Å². The van der Waals surface area contributed by atoms with E-state index >= 15 is 0 Å². The number of aromatic nitrogens is 1. The average molecular weight is 407 g/mol. The molecule has 0 aliphatic heterocycles. The number of hydrogen-bond acceptors (Lipinski definition) is 4. The van der Waals surface area contributed by atoms with Crippen molar-refractivity contribution >= 4 is 53.3 Å². The van der Waals surface area contributed by atoms with Gasteiger partial charge in [0.05, 0.1) is 5.69 Å². The van der Waals surface area contributed by atoms with Crippen LogP contribution in [-0.2, 0) is 10.0 Å². The summed E-state index contributed by atoms with van der Waals surface area (Å²) in [5, 5.41) is 0. The summed E-state index contributed by atoms with van der Waals surface area (Å²) in [5.74, 6) is 0. The van der Waals surface area contributed by atoms with E-state index in [0.717, 1.165) is 0 Å². The van der Waals surface area contributed by atoms with E-state index in [0.29, 0.717) is 20.3 Å². The van der Waals surface area contributed by atoms with Crippen LogP contribution in [0.1, 0.15) is 0 Å². The van der Waals surface area contributed by atoms with Gasteiger partial charge in [0.1, 0.15) is 4.90 Å². The molecule has 1 aromatic heterocycles. The zero-order chi connectivity index (χ0) is 14.0. The van der Waals surface area contributed by atoms with E-state index in [1.165, 1.54) is 18.5 Å². The van der Waals surface area contributed by atoms with Crippen LogP contribution in [0.3, 0.4) is 0 Å². The maximum atomic E-state index is 12.2. The number of pyridine rings is 1. The first-order valence-electron chi connectivity index (χ1n) is 5.07. The van der Waals surface area contributed by atoms with Crippen molar-refractivity contribution in [1.82, 2.24) is 4.98 Å². The van der Waals surface area contributed by atoms with E-state index in [-0.39, 0.29) is 4.90 Å². The summed E-state index contributed by atoms with van der Waals surface area (Å²) in [6.45, 7) is 0. The van der Waals surface area contributed by atoms with Crippen molar-refractivity contribution in [2.45, 2.75) is 4.90 Å². The Morgan fingerprint density at radius 3 is 2.53 bits per heavy atom. The Bertz CT molecular complexity index is 720. The molecule has 19 heavy (non-hydrogen) atoms. The number of nitrogens with one attached hydrogen (secondary N) is 1. The summed E-state index contributed by atoms with van der Waals surface area (Å²) in [6, 6.07) is 6.29. The maximum absolute atomic E-state index is 12.2. The molecule has 0 saturated heterocycles. The molecule has 0 fully saturated rings. The van der Waals surface area contributed by atoms with Crippen LogP contribution in [0.4, 0.5) is 11.4 Å². The molecule has 5 nitrogen and oxygen atoms in total. The molecule has 1 aromatic carbocycles. The Morgan fingerprint density at radius 2 is 1.89 bits per heavy atom. The van der Waals surface area contributed by atoms with Gasteiger partial charge in [0.2, 0.25) is 0 Å². The monoisotopic (exact) mass is 405 g/mol. The molecular formula is C11H9Br2N3O2S. The van der Waals surface area contributed by atoms with Crippen molar-refractivity contribution in [3.8, 4) is 0 Å². The maximum Gasteiger partial charge on any atom is 0.263 e. The van der Waals surface area contributed by atoms with Gasteiger partial charge in [-0.15, -0.1) is 0 Å². The third kappa shape index (κ3) is 3.46. The summed E-state index contributed by atoms with van der Waals surface area (Å²) >= 11 is 6.44. The van der Waals surface area contributed by atoms with Gasteiger partial charge in [-0.1, -0.05) is 0 Å². The van der Waals surface area contributed by atoms with Crippen molar-refractivity contribution in [3.05, 3.63) is 45.6 Å². The third-order valence-electron chi connectivity index (χ3n) is 2.23. The Hall–Kier alpha value is -1.12. The van der Waals surface area contributed by atoms with Crippen LogP contribution >= 0.6 is 31.9 Å². The smallest absolute Gasteiger partial charge is 0.263 e. The first-order valence-corrected chi connectivity index (χ1v) is 8.14. The fraction of sp³-hybridized carbons (Fsp3) is 0. The van der Waals surface area contributed by atoms with Gasteiger partial charge < -0.3 is 5.73 Å². The summed E-state index contributed by atoms with van der Waals surface area (Å²) in [7, 11) is -3.68. The molecule has 2 rings (SSSR count). The summed E-state index contributed by atoms with van der Waals surface area (Å²) in [6.07, 6.45) is 2.79. The molecule has 3 N–H and O–H groups in total. The van der Waals surface area contributed by atoms with E-state index < -0.39 is 10.0 Å². The lowest BCUT2D eigenvalue weighted by atomic mass is 10.3. The van der Waals surface area contributed by atoms with Crippen LogP contribution in [0.15, 0.2) is 50.5 Å². The largest absolute Gasteiger partial charge is 0.399 e. The highest BCUT2D eigenvalue weighted by Gasteiger charge is 2.16. The number of anilines is 2. The number of hydrogen-bond donors (Lipinski definition) is 2. The van der Waals surface area contributed by atoms with E-state index in [1.54, 1.807) is 18.2 Å². The van der Waals surface area contributed by atoms with Gasteiger partial charge in [-0.2, -0.15) is 0 Å². The highest BCUT2D eigenvalue weighted by Crippen LogP contribution is 2.27. The van der Waals surface area contributed by atoms with Crippen LogP contribution in [0, 0.1) is 0 Å². The van der Waals surface area contributed by atoms with Gasteiger partial charge in [-0.25, -0.2) is 8.42 Å². The number of rotatable bonds is 3. The Balaban J connectivity index is 2.36. The van der Waals surface area contributed by atoms with Crippen LogP contribution in [-0.4, -0.2) is 13.4 Å². The van der Waals surface area contributed by atoms with Gasteiger partial charge in [0.15, 0.2) is 0 Å². The standard InChI is InChI=1S/C11H9Br2N3O2S/c12-7-3-9(6-15-5-7)19(17,18)16-11-2-1-8(14)4-10(11)13/h1-6,16H,14H2. The third-order valence-corrected chi connectivity index (χ3v) is 4.65. The molecule has 0 aliphatic rings. The normalized spacial score (nSPS) is 11.3. The number of nitrogens with two attached hydrogens (primary N) is 1. The lowest BCUT2D eigenvalue weighted by Gasteiger charge is -2.10. The fourth-order valence-corrected chi connectivity index (χ4v) is 3.57. The predicted octanol–water partition coefficient (Wildman–Crippen LogP) is 2.99. The van der Waals surface area contributed by atoms with E-state index in [2.05, 4.69) is 41.6 Å². The molecule has 0 saturated carbocycles. The summed E-state index contributed by atoms with van der Waals surface area (Å²) in [5.41, 5.74) is 6.55. The topological polar surface area (TPSA) is 85.1 Å². The quantitative estimate of drug-likeness (QED) is 0.767. The van der Waals surface area contributed by atoms with Gasteiger partial charge in [0.25, 0.3) is 10.0 Å². The molecule has 1 heterocycles. The van der Waals surface area contributed by atoms with Gasteiger partial charge in [-0.05, 0) is 56.1 Å². The van der Waals surface area contributed by atoms with E-state index in [1.807, 2.05) is 0 Å². The predicted molar refractivity (Wildman–Crippen MR) is 81.3 cm³/mol. The summed E-state index contributed by atoms with van der Waals surface area (Å²) in [4.78, 5) is 3.91. The van der Waals surface area contributed by atoms with Crippen LogP contribution in [0.25, 0.3) is 0 Å². The second-order valence-electron chi connectivity index (χ2n) is 3.68. The molecule has 0 amide bonds. The van der Waals surface area contributed by atoms with Gasteiger partial charge in [0, 0.05) is 27.0 Å². The van der Waals surface area contributed by atoms with Gasteiger partial charge in [-0.3, -0.25) is 9.71 Å². The number of halogens is 2.